The first kappa shape index (κ1) is 12.3. The Hall–Kier alpha value is -1.73. The van der Waals surface area contributed by atoms with Crippen molar-refractivity contribution in [2.24, 2.45) is 0 Å². The predicted octanol–water partition coefficient (Wildman–Crippen LogP) is 1.95. The van der Waals surface area contributed by atoms with Crippen molar-refractivity contribution in [1.29, 1.82) is 5.26 Å². The zero-order valence-corrected chi connectivity index (χ0v) is 9.58. The highest BCUT2D eigenvalue weighted by molar-refractivity contribution is 6.31. The maximum absolute atomic E-state index is 11.7. The molecule has 0 fully saturated rings. The van der Waals surface area contributed by atoms with Gasteiger partial charge in [0.25, 0.3) is 5.91 Å². The lowest BCUT2D eigenvalue weighted by atomic mass is 10.1. The number of anilines is 1. The Morgan fingerprint density at radius 1 is 1.62 bits per heavy atom. The molecule has 3 N–H and O–H groups in total. The van der Waals surface area contributed by atoms with E-state index in [9.17, 15) is 4.79 Å². The van der Waals surface area contributed by atoms with E-state index >= 15 is 0 Å². The number of amides is 1. The van der Waals surface area contributed by atoms with Gasteiger partial charge in [0.1, 0.15) is 0 Å². The molecule has 0 aromatic heterocycles. The average molecular weight is 238 g/mol. The van der Waals surface area contributed by atoms with Crippen molar-refractivity contribution in [2.45, 2.75) is 19.4 Å². The molecule has 0 bridgehead atoms. The van der Waals surface area contributed by atoms with E-state index in [0.717, 1.165) is 0 Å². The van der Waals surface area contributed by atoms with Gasteiger partial charge in [0.2, 0.25) is 0 Å². The number of nitriles is 1. The fourth-order valence-electron chi connectivity index (χ4n) is 1.24. The van der Waals surface area contributed by atoms with Gasteiger partial charge in [-0.15, -0.1) is 0 Å². The average Bonchev–Trinajstić information content (AvgIpc) is 2.16. The second-order valence-electron chi connectivity index (χ2n) is 3.51. The van der Waals surface area contributed by atoms with E-state index in [4.69, 9.17) is 22.6 Å². The summed E-state index contributed by atoms with van der Waals surface area (Å²) in [4.78, 5) is 11.7. The van der Waals surface area contributed by atoms with Crippen molar-refractivity contribution in [2.75, 3.05) is 5.73 Å². The van der Waals surface area contributed by atoms with E-state index < -0.39 is 0 Å². The Bertz CT molecular complexity index is 419. The predicted molar refractivity (Wildman–Crippen MR) is 63.0 cm³/mol. The molecule has 0 spiro atoms. The summed E-state index contributed by atoms with van der Waals surface area (Å²) in [6.07, 6.45) is 0.266. The molecule has 84 valence electrons. The highest BCUT2D eigenvalue weighted by Gasteiger charge is 2.10. The van der Waals surface area contributed by atoms with Crippen molar-refractivity contribution in [3.8, 4) is 6.07 Å². The van der Waals surface area contributed by atoms with E-state index in [1.165, 1.54) is 6.07 Å². The molecule has 0 saturated carbocycles. The van der Waals surface area contributed by atoms with Gasteiger partial charge >= 0.3 is 0 Å². The van der Waals surface area contributed by atoms with Crippen molar-refractivity contribution in [3.05, 3.63) is 28.8 Å². The molecular formula is C11H12ClN3O. The van der Waals surface area contributed by atoms with E-state index in [0.29, 0.717) is 16.3 Å². The Morgan fingerprint density at radius 2 is 2.31 bits per heavy atom. The molecular weight excluding hydrogens is 226 g/mol. The molecule has 16 heavy (non-hydrogen) atoms. The lowest BCUT2D eigenvalue weighted by molar-refractivity contribution is 0.0941. The minimum absolute atomic E-state index is 0.197. The molecule has 1 rings (SSSR count). The number of nitrogen functional groups attached to an aromatic ring is 1. The van der Waals surface area contributed by atoms with Crippen molar-refractivity contribution < 1.29 is 4.79 Å². The van der Waals surface area contributed by atoms with E-state index in [1.807, 2.05) is 6.07 Å². The SMILES string of the molecule is CC(CC#N)NC(=O)c1cc(N)cc(Cl)c1. The minimum Gasteiger partial charge on any atom is -0.399 e. The Kier molecular flexibility index (Phi) is 4.15. The second kappa shape index (κ2) is 5.38. The summed E-state index contributed by atoms with van der Waals surface area (Å²) in [5.74, 6) is -0.281. The second-order valence-corrected chi connectivity index (χ2v) is 3.95. The largest absolute Gasteiger partial charge is 0.399 e. The van der Waals surface area contributed by atoms with Crippen molar-refractivity contribution in [1.82, 2.24) is 5.32 Å². The van der Waals surface area contributed by atoms with Crippen LogP contribution >= 0.6 is 11.6 Å². The third-order valence-corrected chi connectivity index (χ3v) is 2.18. The van der Waals surface area contributed by atoms with Crippen LogP contribution in [-0.2, 0) is 0 Å². The summed E-state index contributed by atoms with van der Waals surface area (Å²) in [6, 6.07) is 6.43. The first-order valence-electron chi connectivity index (χ1n) is 4.77. The number of rotatable bonds is 3. The van der Waals surface area contributed by atoms with Gasteiger partial charge in [-0.3, -0.25) is 4.79 Å². The van der Waals surface area contributed by atoms with Crippen LogP contribution in [0.15, 0.2) is 18.2 Å². The molecule has 1 unspecified atom stereocenters. The number of nitrogens with one attached hydrogen (secondary N) is 1. The highest BCUT2D eigenvalue weighted by atomic mass is 35.5. The number of hydrogen-bond donors (Lipinski definition) is 2. The first-order chi connectivity index (χ1) is 7.52. The van der Waals surface area contributed by atoms with Crippen LogP contribution in [0.1, 0.15) is 23.7 Å². The molecule has 0 aliphatic rings. The van der Waals surface area contributed by atoms with Gasteiger partial charge in [-0.25, -0.2) is 0 Å². The normalized spacial score (nSPS) is 11.6. The van der Waals surface area contributed by atoms with Gasteiger partial charge in [-0.05, 0) is 25.1 Å². The van der Waals surface area contributed by atoms with Gasteiger partial charge in [-0.1, -0.05) is 11.6 Å². The zero-order valence-electron chi connectivity index (χ0n) is 8.83. The smallest absolute Gasteiger partial charge is 0.251 e. The van der Waals surface area contributed by atoms with Gasteiger partial charge in [0, 0.05) is 22.3 Å². The molecule has 1 aromatic carbocycles. The van der Waals surface area contributed by atoms with Crippen LogP contribution in [0.5, 0.6) is 0 Å². The van der Waals surface area contributed by atoms with Crippen LogP contribution in [0.25, 0.3) is 0 Å². The van der Waals surface area contributed by atoms with E-state index in [2.05, 4.69) is 5.32 Å². The summed E-state index contributed by atoms with van der Waals surface area (Å²) in [5.41, 5.74) is 6.40. The Balaban J connectivity index is 2.77. The van der Waals surface area contributed by atoms with Crippen molar-refractivity contribution >= 4 is 23.2 Å². The molecule has 5 heteroatoms. The third-order valence-electron chi connectivity index (χ3n) is 1.96. The van der Waals surface area contributed by atoms with Crippen LogP contribution in [0.2, 0.25) is 5.02 Å². The number of halogens is 1. The fraction of sp³-hybridized carbons (Fsp3) is 0.273. The number of benzene rings is 1. The molecule has 0 heterocycles. The molecule has 0 aliphatic carbocycles. The quantitative estimate of drug-likeness (QED) is 0.789. The van der Waals surface area contributed by atoms with Crippen LogP contribution in [0.4, 0.5) is 5.69 Å². The van der Waals surface area contributed by atoms with E-state index in [1.54, 1.807) is 19.1 Å². The Morgan fingerprint density at radius 3 is 2.88 bits per heavy atom. The van der Waals surface area contributed by atoms with Gasteiger partial charge < -0.3 is 11.1 Å². The van der Waals surface area contributed by atoms with Gasteiger partial charge in [0.15, 0.2) is 0 Å². The van der Waals surface area contributed by atoms with Gasteiger partial charge in [0.05, 0.1) is 12.5 Å². The molecule has 0 saturated heterocycles. The monoisotopic (exact) mass is 237 g/mol. The lowest BCUT2D eigenvalue weighted by Crippen LogP contribution is -2.32. The van der Waals surface area contributed by atoms with Crippen LogP contribution < -0.4 is 11.1 Å². The lowest BCUT2D eigenvalue weighted by Gasteiger charge is -2.10. The number of carbonyl (C=O) groups excluding carboxylic acids is 1. The standard InChI is InChI=1S/C11H12ClN3O/c1-7(2-3-13)15-11(16)8-4-9(12)6-10(14)5-8/h4-7H,2,14H2,1H3,(H,15,16). The first-order valence-corrected chi connectivity index (χ1v) is 5.14. The molecule has 1 amide bonds. The van der Waals surface area contributed by atoms with Crippen LogP contribution in [0.3, 0.4) is 0 Å². The topological polar surface area (TPSA) is 78.9 Å². The molecule has 4 nitrogen and oxygen atoms in total. The third kappa shape index (κ3) is 3.44. The number of carbonyl (C=O) groups is 1. The fourth-order valence-corrected chi connectivity index (χ4v) is 1.48. The summed E-state index contributed by atoms with van der Waals surface area (Å²) >= 11 is 5.78. The number of nitrogens with two attached hydrogens (primary N) is 1. The molecule has 0 aliphatic heterocycles. The highest BCUT2D eigenvalue weighted by Crippen LogP contribution is 2.16. The summed E-state index contributed by atoms with van der Waals surface area (Å²) in [7, 11) is 0. The maximum atomic E-state index is 11.7. The summed E-state index contributed by atoms with van der Waals surface area (Å²) in [5, 5.41) is 11.6. The zero-order chi connectivity index (χ0) is 12.1. The van der Waals surface area contributed by atoms with Crippen LogP contribution in [0, 0.1) is 11.3 Å². The maximum Gasteiger partial charge on any atom is 0.251 e. The molecule has 0 radical (unpaired) electrons. The number of nitrogens with zero attached hydrogens (tertiary/aromatic N) is 1. The molecule has 1 atom stereocenters. The van der Waals surface area contributed by atoms with E-state index in [-0.39, 0.29) is 18.4 Å². The minimum atomic E-state index is -0.281. The summed E-state index contributed by atoms with van der Waals surface area (Å²) in [6.45, 7) is 1.76. The molecule has 1 aromatic rings. The van der Waals surface area contributed by atoms with Crippen LogP contribution in [-0.4, -0.2) is 11.9 Å². The Labute approximate surface area is 99.0 Å². The van der Waals surface area contributed by atoms with Gasteiger partial charge in [-0.2, -0.15) is 5.26 Å². The van der Waals surface area contributed by atoms with Crippen molar-refractivity contribution in [3.63, 3.8) is 0 Å². The number of hydrogen-bond acceptors (Lipinski definition) is 3. The summed E-state index contributed by atoms with van der Waals surface area (Å²) < 4.78 is 0.